The molecular weight excluding hydrogens is 539 g/mol. The van der Waals surface area contributed by atoms with Gasteiger partial charge in [-0.3, -0.25) is 9.69 Å². The van der Waals surface area contributed by atoms with E-state index in [0.29, 0.717) is 31.0 Å². The quantitative estimate of drug-likeness (QED) is 0.371. The number of aromatic nitrogens is 3. The molecule has 3 saturated heterocycles. The Hall–Kier alpha value is -2.89. The summed E-state index contributed by atoms with van der Waals surface area (Å²) in [4.78, 5) is 24.6. The van der Waals surface area contributed by atoms with E-state index in [2.05, 4.69) is 38.8 Å². The molecular formula is C31H45FN6O4. The second-order valence-electron chi connectivity index (χ2n) is 12.9. The minimum atomic E-state index is -0.505. The molecule has 10 nitrogen and oxygen atoms in total. The SMILES string of the molecule is CC(C)C(CCC1OCCO1)N1CC2(CCN(c3ncnnc3Oc3ccc(F)cc3C(=O)N(C(C)C)C(C)C)C2)C1. The van der Waals surface area contributed by atoms with Gasteiger partial charge in [0, 0.05) is 49.7 Å². The first-order chi connectivity index (χ1) is 20.1. The monoisotopic (exact) mass is 584 g/mol. The van der Waals surface area contributed by atoms with Crippen molar-refractivity contribution in [2.45, 2.75) is 85.2 Å². The number of halogens is 1. The van der Waals surface area contributed by atoms with Gasteiger partial charge >= 0.3 is 0 Å². The van der Waals surface area contributed by atoms with Crippen molar-refractivity contribution in [3.05, 3.63) is 35.9 Å². The van der Waals surface area contributed by atoms with Gasteiger partial charge in [-0.1, -0.05) is 13.8 Å². The van der Waals surface area contributed by atoms with Crippen LogP contribution in [0.3, 0.4) is 0 Å². The number of carbonyl (C=O) groups excluding carboxylic acids is 1. The van der Waals surface area contributed by atoms with Crippen LogP contribution in [0.2, 0.25) is 0 Å². The summed E-state index contributed by atoms with van der Waals surface area (Å²) >= 11 is 0. The molecule has 1 unspecified atom stereocenters. The molecule has 0 saturated carbocycles. The Kier molecular flexibility index (Phi) is 9.29. The first-order valence-electron chi connectivity index (χ1n) is 15.3. The summed E-state index contributed by atoms with van der Waals surface area (Å²) in [6, 6.07) is 4.35. The molecule has 3 aliphatic heterocycles. The zero-order chi connectivity index (χ0) is 30.0. The molecule has 5 rings (SSSR count). The van der Waals surface area contributed by atoms with Crippen molar-refractivity contribution >= 4 is 11.7 Å². The highest BCUT2D eigenvalue weighted by Gasteiger charge is 2.50. The third kappa shape index (κ3) is 6.53. The standard InChI is InChI=1S/C31H45FN6O4/c1-20(2)25(8-10-27-40-13-14-41-27)37-17-31(18-37)11-12-36(16-31)28-29(35-34-19-33-28)42-26-9-7-23(32)15-24(26)30(39)38(21(3)4)22(5)6/h7,9,15,19-22,25,27H,8,10-14,16-18H2,1-6H3. The van der Waals surface area contributed by atoms with Crippen molar-refractivity contribution in [1.82, 2.24) is 25.0 Å². The van der Waals surface area contributed by atoms with Crippen LogP contribution in [0.4, 0.5) is 10.2 Å². The number of ether oxygens (including phenoxy) is 3. The molecule has 0 radical (unpaired) electrons. The highest BCUT2D eigenvalue weighted by atomic mass is 19.1. The summed E-state index contributed by atoms with van der Waals surface area (Å²) in [5.74, 6) is 0.771. The maximum absolute atomic E-state index is 14.3. The van der Waals surface area contributed by atoms with Crippen molar-refractivity contribution < 1.29 is 23.4 Å². The average molecular weight is 585 g/mol. The van der Waals surface area contributed by atoms with E-state index in [-0.39, 0.29) is 46.9 Å². The average Bonchev–Trinajstić information content (AvgIpc) is 3.60. The maximum atomic E-state index is 14.3. The van der Waals surface area contributed by atoms with Gasteiger partial charge in [0.15, 0.2) is 12.1 Å². The fraction of sp³-hybridized carbons (Fsp3) is 0.677. The van der Waals surface area contributed by atoms with Crippen LogP contribution in [-0.4, -0.2) is 94.7 Å². The number of rotatable bonds is 11. The predicted molar refractivity (Wildman–Crippen MR) is 157 cm³/mol. The molecule has 3 fully saturated rings. The summed E-state index contributed by atoms with van der Waals surface area (Å²) < 4.78 is 31.9. The Morgan fingerprint density at radius 2 is 1.83 bits per heavy atom. The highest BCUT2D eigenvalue weighted by molar-refractivity contribution is 5.97. The molecule has 230 valence electrons. The number of hydrogen-bond acceptors (Lipinski definition) is 9. The van der Waals surface area contributed by atoms with Gasteiger partial charge in [-0.05, 0) is 71.1 Å². The molecule has 42 heavy (non-hydrogen) atoms. The van der Waals surface area contributed by atoms with Gasteiger partial charge in [-0.15, -0.1) is 10.2 Å². The molecule has 3 aliphatic rings. The predicted octanol–water partition coefficient (Wildman–Crippen LogP) is 4.75. The fourth-order valence-electron chi connectivity index (χ4n) is 6.85. The topological polar surface area (TPSA) is 93.1 Å². The third-order valence-corrected chi connectivity index (χ3v) is 8.74. The van der Waals surface area contributed by atoms with Crippen LogP contribution in [-0.2, 0) is 9.47 Å². The molecule has 1 aromatic heterocycles. The van der Waals surface area contributed by atoms with E-state index in [1.54, 1.807) is 4.90 Å². The number of nitrogens with zero attached hydrogens (tertiary/aromatic N) is 6. The molecule has 1 spiro atoms. The van der Waals surface area contributed by atoms with Crippen LogP contribution in [0.5, 0.6) is 11.6 Å². The minimum Gasteiger partial charge on any atom is -0.434 e. The lowest BCUT2D eigenvalue weighted by molar-refractivity contribution is -0.0689. The summed E-state index contributed by atoms with van der Waals surface area (Å²) in [5, 5.41) is 8.21. The van der Waals surface area contributed by atoms with Gasteiger partial charge in [-0.25, -0.2) is 9.37 Å². The molecule has 1 amide bonds. The Balaban J connectivity index is 1.28. The van der Waals surface area contributed by atoms with Crippen LogP contribution in [0.15, 0.2) is 24.5 Å². The van der Waals surface area contributed by atoms with Crippen LogP contribution in [0.25, 0.3) is 0 Å². The maximum Gasteiger partial charge on any atom is 0.282 e. The lowest BCUT2D eigenvalue weighted by Crippen LogP contribution is -2.62. The molecule has 0 aliphatic carbocycles. The number of carbonyl (C=O) groups is 1. The van der Waals surface area contributed by atoms with E-state index in [1.165, 1.54) is 24.5 Å². The van der Waals surface area contributed by atoms with Crippen molar-refractivity contribution in [3.8, 4) is 11.6 Å². The van der Waals surface area contributed by atoms with Gasteiger partial charge in [0.25, 0.3) is 11.8 Å². The van der Waals surface area contributed by atoms with Crippen LogP contribution < -0.4 is 9.64 Å². The molecule has 4 heterocycles. The Labute approximate surface area is 248 Å². The van der Waals surface area contributed by atoms with E-state index in [1.807, 2.05) is 27.7 Å². The van der Waals surface area contributed by atoms with E-state index < -0.39 is 5.82 Å². The van der Waals surface area contributed by atoms with E-state index in [9.17, 15) is 9.18 Å². The van der Waals surface area contributed by atoms with Crippen molar-refractivity contribution in [3.63, 3.8) is 0 Å². The molecule has 2 aromatic rings. The number of likely N-dealkylation sites (tertiary alicyclic amines) is 1. The summed E-state index contributed by atoms with van der Waals surface area (Å²) in [6.45, 7) is 17.4. The van der Waals surface area contributed by atoms with Crippen LogP contribution in [0.1, 0.15) is 71.2 Å². The Bertz CT molecular complexity index is 1220. The second kappa shape index (κ2) is 12.8. The molecule has 0 N–H and O–H groups in total. The second-order valence-corrected chi connectivity index (χ2v) is 12.9. The van der Waals surface area contributed by atoms with Gasteiger partial charge in [0.1, 0.15) is 17.9 Å². The first-order valence-corrected chi connectivity index (χ1v) is 15.3. The lowest BCUT2D eigenvalue weighted by Gasteiger charge is -2.53. The van der Waals surface area contributed by atoms with E-state index in [4.69, 9.17) is 14.2 Å². The van der Waals surface area contributed by atoms with E-state index >= 15 is 0 Å². The Morgan fingerprint density at radius 3 is 2.50 bits per heavy atom. The normalized spacial score (nSPS) is 19.7. The Morgan fingerprint density at radius 1 is 1.12 bits per heavy atom. The zero-order valence-corrected chi connectivity index (χ0v) is 25.8. The van der Waals surface area contributed by atoms with Crippen molar-refractivity contribution in [1.29, 1.82) is 0 Å². The molecule has 1 atom stereocenters. The zero-order valence-electron chi connectivity index (χ0n) is 25.8. The summed E-state index contributed by atoms with van der Waals surface area (Å²) in [5.41, 5.74) is 0.330. The number of amides is 1. The first kappa shape index (κ1) is 30.6. The van der Waals surface area contributed by atoms with Crippen molar-refractivity contribution in [2.75, 3.05) is 44.3 Å². The minimum absolute atomic E-state index is 0.0649. The number of anilines is 1. The molecule has 11 heteroatoms. The lowest BCUT2D eigenvalue weighted by atomic mass is 9.76. The summed E-state index contributed by atoms with van der Waals surface area (Å²) in [6.07, 6.45) is 4.37. The number of hydrogen-bond donors (Lipinski definition) is 0. The smallest absolute Gasteiger partial charge is 0.282 e. The van der Waals surface area contributed by atoms with Crippen LogP contribution in [0, 0.1) is 17.2 Å². The van der Waals surface area contributed by atoms with Crippen molar-refractivity contribution in [2.24, 2.45) is 11.3 Å². The highest BCUT2D eigenvalue weighted by Crippen LogP contribution is 2.44. The van der Waals surface area contributed by atoms with Gasteiger partial charge < -0.3 is 24.0 Å². The largest absolute Gasteiger partial charge is 0.434 e. The van der Waals surface area contributed by atoms with Gasteiger partial charge in [0.05, 0.1) is 18.8 Å². The van der Waals surface area contributed by atoms with E-state index in [0.717, 1.165) is 45.4 Å². The fourth-order valence-corrected chi connectivity index (χ4v) is 6.85. The molecule has 0 bridgehead atoms. The third-order valence-electron chi connectivity index (χ3n) is 8.74. The van der Waals surface area contributed by atoms with Gasteiger partial charge in [0.2, 0.25) is 0 Å². The molecule has 1 aromatic carbocycles. The van der Waals surface area contributed by atoms with Crippen LogP contribution >= 0.6 is 0 Å². The van der Waals surface area contributed by atoms with Gasteiger partial charge in [-0.2, -0.15) is 0 Å². The number of benzene rings is 1. The summed E-state index contributed by atoms with van der Waals surface area (Å²) in [7, 11) is 0.